The number of nitrogens with zero attached hydrogens (tertiary/aromatic N) is 3. The Morgan fingerprint density at radius 1 is 1.00 bits per heavy atom. The predicted molar refractivity (Wildman–Crippen MR) is 123 cm³/mol. The fourth-order valence-corrected chi connectivity index (χ4v) is 3.92. The molecule has 6 heteroatoms. The van der Waals surface area contributed by atoms with Gasteiger partial charge in [0.1, 0.15) is 12.1 Å². The molecular formula is C25H25N5O. The van der Waals surface area contributed by atoms with Gasteiger partial charge in [-0.3, -0.25) is 4.98 Å². The number of aromatic nitrogens is 3. The summed E-state index contributed by atoms with van der Waals surface area (Å²) >= 11 is 0. The zero-order valence-corrected chi connectivity index (χ0v) is 17.5. The third-order valence-corrected chi connectivity index (χ3v) is 5.61. The zero-order valence-electron chi connectivity index (χ0n) is 17.5. The molecule has 1 fully saturated rings. The Balaban J connectivity index is 1.32. The highest BCUT2D eigenvalue weighted by molar-refractivity contribution is 5.91. The Morgan fingerprint density at radius 2 is 1.87 bits per heavy atom. The number of morpholine rings is 1. The lowest BCUT2D eigenvalue weighted by Crippen LogP contribution is -2.33. The Morgan fingerprint density at radius 3 is 2.68 bits per heavy atom. The number of nitrogens with one attached hydrogen (secondary N) is 2. The minimum atomic E-state index is 0.139. The van der Waals surface area contributed by atoms with Gasteiger partial charge in [-0.25, -0.2) is 9.97 Å². The summed E-state index contributed by atoms with van der Waals surface area (Å²) in [5, 5.41) is 7.85. The average molecular weight is 412 g/mol. The summed E-state index contributed by atoms with van der Waals surface area (Å²) in [6.45, 7) is 5.25. The van der Waals surface area contributed by atoms with Gasteiger partial charge < -0.3 is 15.4 Å². The molecule has 0 amide bonds. The second-order valence-electron chi connectivity index (χ2n) is 7.80. The third-order valence-electron chi connectivity index (χ3n) is 5.61. The van der Waals surface area contributed by atoms with Crippen LogP contribution in [0.5, 0.6) is 0 Å². The van der Waals surface area contributed by atoms with Gasteiger partial charge in [-0.1, -0.05) is 30.3 Å². The van der Waals surface area contributed by atoms with Crippen LogP contribution < -0.4 is 10.6 Å². The second-order valence-corrected chi connectivity index (χ2v) is 7.80. The van der Waals surface area contributed by atoms with Gasteiger partial charge in [0.15, 0.2) is 0 Å². The van der Waals surface area contributed by atoms with Crippen molar-refractivity contribution in [2.24, 2.45) is 0 Å². The van der Waals surface area contributed by atoms with Crippen LogP contribution in [0.2, 0.25) is 0 Å². The van der Waals surface area contributed by atoms with Crippen molar-refractivity contribution < 1.29 is 4.74 Å². The standard InChI is InChI=1S/C25H25N5O/c1-17-12-21(8-9-27-17)20-6-7-22-23(13-20)29-16-30-25(22)28-14-18-2-4-19(5-3-18)24-15-26-10-11-31-24/h2-9,12-13,16,24,26H,10-11,14-15H2,1H3,(H,28,29,30). The summed E-state index contributed by atoms with van der Waals surface area (Å²) in [4.78, 5) is 13.2. The van der Waals surface area contributed by atoms with Crippen LogP contribution in [0.25, 0.3) is 22.0 Å². The van der Waals surface area contributed by atoms with E-state index in [0.717, 1.165) is 53.2 Å². The summed E-state index contributed by atoms with van der Waals surface area (Å²) in [6.07, 6.45) is 3.59. The fraction of sp³-hybridized carbons (Fsp3) is 0.240. The number of anilines is 1. The van der Waals surface area contributed by atoms with E-state index in [9.17, 15) is 0 Å². The van der Waals surface area contributed by atoms with Crippen molar-refractivity contribution in [3.63, 3.8) is 0 Å². The molecule has 1 aliphatic rings. The highest BCUT2D eigenvalue weighted by Crippen LogP contribution is 2.27. The van der Waals surface area contributed by atoms with E-state index >= 15 is 0 Å². The van der Waals surface area contributed by atoms with E-state index in [1.165, 1.54) is 11.1 Å². The smallest absolute Gasteiger partial charge is 0.137 e. The monoisotopic (exact) mass is 411 g/mol. The highest BCUT2D eigenvalue weighted by Gasteiger charge is 2.15. The van der Waals surface area contributed by atoms with E-state index in [0.29, 0.717) is 6.54 Å². The van der Waals surface area contributed by atoms with Crippen molar-refractivity contribution in [1.29, 1.82) is 0 Å². The third kappa shape index (κ3) is 4.40. The van der Waals surface area contributed by atoms with Gasteiger partial charge in [0.05, 0.1) is 18.2 Å². The van der Waals surface area contributed by atoms with E-state index in [2.05, 4.69) is 74.1 Å². The lowest BCUT2D eigenvalue weighted by Gasteiger charge is -2.24. The van der Waals surface area contributed by atoms with E-state index in [-0.39, 0.29) is 6.10 Å². The van der Waals surface area contributed by atoms with Crippen LogP contribution in [0.4, 0.5) is 5.82 Å². The van der Waals surface area contributed by atoms with E-state index in [1.54, 1.807) is 6.33 Å². The first kappa shape index (κ1) is 19.6. The normalized spacial score (nSPS) is 16.4. The Labute approximate surface area is 181 Å². The lowest BCUT2D eigenvalue weighted by molar-refractivity contribution is 0.0277. The minimum Gasteiger partial charge on any atom is -0.371 e. The fourth-order valence-electron chi connectivity index (χ4n) is 3.92. The molecule has 1 saturated heterocycles. The van der Waals surface area contributed by atoms with Crippen molar-refractivity contribution in [3.05, 3.63) is 83.9 Å². The summed E-state index contributed by atoms with van der Waals surface area (Å²) in [6, 6.07) is 19.0. The minimum absolute atomic E-state index is 0.139. The van der Waals surface area contributed by atoms with Crippen molar-refractivity contribution in [2.45, 2.75) is 19.6 Å². The SMILES string of the molecule is Cc1cc(-c2ccc3c(NCc4ccc(C5CNCCO5)cc4)ncnc3c2)ccn1. The molecule has 1 aliphatic heterocycles. The van der Waals surface area contributed by atoms with E-state index in [4.69, 9.17) is 4.74 Å². The maximum Gasteiger partial charge on any atom is 0.137 e. The van der Waals surface area contributed by atoms with Crippen molar-refractivity contribution >= 4 is 16.7 Å². The number of benzene rings is 2. The van der Waals surface area contributed by atoms with Crippen LogP contribution in [-0.2, 0) is 11.3 Å². The molecule has 0 saturated carbocycles. The van der Waals surface area contributed by atoms with Gasteiger partial charge in [0.2, 0.25) is 0 Å². The van der Waals surface area contributed by atoms with Crippen molar-refractivity contribution in [1.82, 2.24) is 20.3 Å². The quantitative estimate of drug-likeness (QED) is 0.511. The lowest BCUT2D eigenvalue weighted by atomic mass is 10.0. The molecular weight excluding hydrogens is 386 g/mol. The number of hydrogen-bond acceptors (Lipinski definition) is 6. The maximum atomic E-state index is 5.83. The molecule has 4 aromatic rings. The summed E-state index contributed by atoms with van der Waals surface area (Å²) < 4.78 is 5.83. The van der Waals surface area contributed by atoms with Gasteiger partial charge in [-0.15, -0.1) is 0 Å². The van der Waals surface area contributed by atoms with E-state index in [1.807, 2.05) is 19.2 Å². The van der Waals surface area contributed by atoms with Crippen LogP contribution >= 0.6 is 0 Å². The van der Waals surface area contributed by atoms with Crippen LogP contribution in [0, 0.1) is 6.92 Å². The number of hydrogen-bond donors (Lipinski definition) is 2. The second kappa shape index (κ2) is 8.79. The molecule has 0 aliphatic carbocycles. The number of pyridine rings is 1. The number of aryl methyl sites for hydroxylation is 1. The van der Waals surface area contributed by atoms with Gasteiger partial charge in [-0.2, -0.15) is 0 Å². The van der Waals surface area contributed by atoms with E-state index < -0.39 is 0 Å². The summed E-state index contributed by atoms with van der Waals surface area (Å²) in [7, 11) is 0. The van der Waals surface area contributed by atoms with Crippen LogP contribution in [-0.4, -0.2) is 34.6 Å². The molecule has 1 atom stereocenters. The molecule has 2 aromatic heterocycles. The van der Waals surface area contributed by atoms with Gasteiger partial charge in [0, 0.05) is 36.9 Å². The maximum absolute atomic E-state index is 5.83. The van der Waals surface area contributed by atoms with Gasteiger partial charge >= 0.3 is 0 Å². The molecule has 6 nitrogen and oxygen atoms in total. The largest absolute Gasteiger partial charge is 0.371 e. The molecule has 0 bridgehead atoms. The first-order valence-electron chi connectivity index (χ1n) is 10.6. The first-order chi connectivity index (χ1) is 15.3. The van der Waals surface area contributed by atoms with Crippen LogP contribution in [0.15, 0.2) is 67.1 Å². The van der Waals surface area contributed by atoms with Crippen LogP contribution in [0.1, 0.15) is 22.9 Å². The van der Waals surface area contributed by atoms with Crippen molar-refractivity contribution in [2.75, 3.05) is 25.0 Å². The molecule has 0 spiro atoms. The number of fused-ring (bicyclic) bond motifs is 1. The first-order valence-corrected chi connectivity index (χ1v) is 10.6. The van der Waals surface area contributed by atoms with Crippen molar-refractivity contribution in [3.8, 4) is 11.1 Å². The summed E-state index contributed by atoms with van der Waals surface area (Å²) in [5.74, 6) is 0.839. The Bertz CT molecular complexity index is 1190. The Kier molecular flexibility index (Phi) is 5.56. The Hall–Kier alpha value is -3.35. The number of ether oxygens (including phenoxy) is 1. The van der Waals surface area contributed by atoms with Gasteiger partial charge in [-0.05, 0) is 53.4 Å². The van der Waals surface area contributed by atoms with Gasteiger partial charge in [0.25, 0.3) is 0 Å². The molecule has 0 radical (unpaired) electrons. The molecule has 5 rings (SSSR count). The number of rotatable bonds is 5. The molecule has 2 aromatic carbocycles. The average Bonchev–Trinajstić information content (AvgIpc) is 2.83. The molecule has 31 heavy (non-hydrogen) atoms. The topological polar surface area (TPSA) is 72.0 Å². The molecule has 3 heterocycles. The molecule has 1 unspecified atom stereocenters. The summed E-state index contributed by atoms with van der Waals surface area (Å²) in [5.41, 5.74) is 6.59. The molecule has 2 N–H and O–H groups in total. The highest BCUT2D eigenvalue weighted by atomic mass is 16.5. The predicted octanol–water partition coefficient (Wildman–Crippen LogP) is 4.27. The van der Waals surface area contributed by atoms with Crippen LogP contribution in [0.3, 0.4) is 0 Å². The zero-order chi connectivity index (χ0) is 21.0. The molecule has 156 valence electrons.